The topological polar surface area (TPSA) is 70.0 Å². The van der Waals surface area contributed by atoms with Gasteiger partial charge >= 0.3 is 5.97 Å². The Hall–Kier alpha value is -4.26. The molecule has 7 nitrogen and oxygen atoms in total. The van der Waals surface area contributed by atoms with Crippen LogP contribution in [0.1, 0.15) is 36.4 Å². The van der Waals surface area contributed by atoms with E-state index in [4.69, 9.17) is 14.2 Å². The zero-order valence-electron chi connectivity index (χ0n) is 22.8. The highest BCUT2D eigenvalue weighted by Gasteiger charge is 2.37. The van der Waals surface area contributed by atoms with E-state index < -0.39 is 5.97 Å². The molecule has 2 heterocycles. The number of allylic oxidation sites excluding steroid dienone is 1. The number of methoxy groups -OCH3 is 2. The number of carbonyl (C=O) groups is 2. The first-order valence-corrected chi connectivity index (χ1v) is 12.7. The lowest BCUT2D eigenvalue weighted by Crippen LogP contribution is -2.27. The summed E-state index contributed by atoms with van der Waals surface area (Å²) in [5.74, 6) is 0.871. The Bertz CT molecular complexity index is 1400. The van der Waals surface area contributed by atoms with Crippen LogP contribution < -0.4 is 9.47 Å². The lowest BCUT2D eigenvalue weighted by molar-refractivity contribution is -0.136. The third kappa shape index (κ3) is 5.23. The van der Waals surface area contributed by atoms with Crippen LogP contribution in [0.2, 0.25) is 0 Å². The first-order chi connectivity index (χ1) is 18.3. The molecule has 2 aromatic carbocycles. The molecule has 0 radical (unpaired) electrons. The van der Waals surface area contributed by atoms with E-state index in [1.807, 2.05) is 75.4 Å². The third-order valence-electron chi connectivity index (χ3n) is 6.86. The minimum Gasteiger partial charge on any atom is -0.497 e. The maximum absolute atomic E-state index is 13.6. The van der Waals surface area contributed by atoms with Crippen molar-refractivity contribution in [2.24, 2.45) is 0 Å². The monoisotopic (exact) mass is 514 g/mol. The molecule has 1 aliphatic rings. The predicted octanol–water partition coefficient (Wildman–Crippen LogP) is 5.42. The van der Waals surface area contributed by atoms with Crippen LogP contribution in [0.5, 0.6) is 11.5 Å². The van der Waals surface area contributed by atoms with E-state index in [2.05, 4.69) is 4.57 Å². The molecule has 4 rings (SSSR count). The van der Waals surface area contributed by atoms with Crippen molar-refractivity contribution in [1.29, 1.82) is 0 Å². The fourth-order valence-corrected chi connectivity index (χ4v) is 4.88. The Labute approximate surface area is 223 Å². The number of carbonyl (C=O) groups excluding carboxylic acids is 2. The van der Waals surface area contributed by atoms with Gasteiger partial charge in [-0.05, 0) is 93.8 Å². The number of aryl methyl sites for hydroxylation is 1. The smallest absolute Gasteiger partial charge is 0.340 e. The number of hydrogen-bond acceptors (Lipinski definition) is 5. The standard InChI is InChI=1S/C31H34N2O5/c1-7-38-27-14-10-25(11-15-27)33-20(2)18-24(21(33)3)19-28-29(31(35)37-6)22(4)32(30(28)34)17-16-23-8-12-26(36-5)13-9-23/h8-15,18-19H,7,16-17H2,1-6H3/b28-19-. The molecule has 0 saturated heterocycles. The molecule has 1 amide bonds. The van der Waals surface area contributed by atoms with Gasteiger partial charge in [0.15, 0.2) is 0 Å². The second-order valence-corrected chi connectivity index (χ2v) is 9.15. The Morgan fingerprint density at radius 3 is 2.21 bits per heavy atom. The summed E-state index contributed by atoms with van der Waals surface area (Å²) in [6.45, 7) is 8.83. The number of nitrogens with zero attached hydrogens (tertiary/aromatic N) is 2. The molecule has 0 atom stereocenters. The minimum absolute atomic E-state index is 0.206. The fourth-order valence-electron chi connectivity index (χ4n) is 4.88. The van der Waals surface area contributed by atoms with Crippen molar-refractivity contribution in [3.63, 3.8) is 0 Å². The van der Waals surface area contributed by atoms with Crippen LogP contribution in [0.15, 0.2) is 71.4 Å². The van der Waals surface area contributed by atoms with Gasteiger partial charge in [0.1, 0.15) is 11.5 Å². The van der Waals surface area contributed by atoms with Crippen LogP contribution in [0.25, 0.3) is 11.8 Å². The number of amides is 1. The average molecular weight is 515 g/mol. The van der Waals surface area contributed by atoms with Crippen LogP contribution in [-0.2, 0) is 20.7 Å². The molecule has 0 spiro atoms. The van der Waals surface area contributed by atoms with Gasteiger partial charge in [0.2, 0.25) is 0 Å². The number of aromatic nitrogens is 1. The number of hydrogen-bond donors (Lipinski definition) is 0. The SMILES string of the molecule is CCOc1ccc(-n2c(C)cc(/C=C3\C(=O)N(CCc4ccc(OC)cc4)C(C)=C3C(=O)OC)c2C)cc1. The van der Waals surface area contributed by atoms with E-state index in [0.29, 0.717) is 36.4 Å². The van der Waals surface area contributed by atoms with E-state index in [9.17, 15) is 9.59 Å². The Morgan fingerprint density at radius 2 is 1.61 bits per heavy atom. The van der Waals surface area contributed by atoms with Crippen LogP contribution in [0.4, 0.5) is 0 Å². The number of rotatable bonds is 9. The molecule has 0 saturated carbocycles. The summed E-state index contributed by atoms with van der Waals surface area (Å²) in [6.07, 6.45) is 2.44. The maximum Gasteiger partial charge on any atom is 0.340 e. The van der Waals surface area contributed by atoms with Gasteiger partial charge < -0.3 is 23.7 Å². The summed E-state index contributed by atoms with van der Waals surface area (Å²) in [6, 6.07) is 17.7. The van der Waals surface area contributed by atoms with Gasteiger partial charge in [-0.15, -0.1) is 0 Å². The van der Waals surface area contributed by atoms with Gasteiger partial charge in [-0.1, -0.05) is 12.1 Å². The van der Waals surface area contributed by atoms with E-state index in [-0.39, 0.29) is 5.91 Å². The lowest BCUT2D eigenvalue weighted by atomic mass is 10.0. The summed E-state index contributed by atoms with van der Waals surface area (Å²) in [7, 11) is 2.96. The third-order valence-corrected chi connectivity index (χ3v) is 6.86. The lowest BCUT2D eigenvalue weighted by Gasteiger charge is -2.18. The van der Waals surface area contributed by atoms with Gasteiger partial charge in [-0.3, -0.25) is 4.79 Å². The molecular weight excluding hydrogens is 480 g/mol. The van der Waals surface area contributed by atoms with E-state index in [1.165, 1.54) is 7.11 Å². The largest absolute Gasteiger partial charge is 0.497 e. The normalized spacial score (nSPS) is 14.4. The Balaban J connectivity index is 1.66. The van der Waals surface area contributed by atoms with Crippen molar-refractivity contribution in [3.05, 3.63) is 94.0 Å². The minimum atomic E-state index is -0.519. The molecule has 0 unspecified atom stereocenters. The molecule has 1 aliphatic heterocycles. The summed E-state index contributed by atoms with van der Waals surface area (Å²) in [4.78, 5) is 28.1. The zero-order chi connectivity index (χ0) is 27.4. The van der Waals surface area contributed by atoms with Crippen LogP contribution in [0.3, 0.4) is 0 Å². The molecule has 0 bridgehead atoms. The molecule has 7 heteroatoms. The van der Waals surface area contributed by atoms with Crippen LogP contribution in [0, 0.1) is 13.8 Å². The number of ether oxygens (including phenoxy) is 3. The molecule has 0 fully saturated rings. The van der Waals surface area contributed by atoms with Gasteiger partial charge in [0, 0.05) is 29.3 Å². The van der Waals surface area contributed by atoms with Crippen molar-refractivity contribution >= 4 is 18.0 Å². The van der Waals surface area contributed by atoms with Crippen LogP contribution >= 0.6 is 0 Å². The molecule has 0 aliphatic carbocycles. The highest BCUT2D eigenvalue weighted by molar-refractivity contribution is 6.16. The molecule has 38 heavy (non-hydrogen) atoms. The maximum atomic E-state index is 13.6. The van der Waals surface area contributed by atoms with Gasteiger partial charge in [0.05, 0.1) is 32.0 Å². The van der Waals surface area contributed by atoms with E-state index >= 15 is 0 Å². The van der Waals surface area contributed by atoms with Crippen molar-refractivity contribution in [3.8, 4) is 17.2 Å². The second-order valence-electron chi connectivity index (χ2n) is 9.15. The van der Waals surface area contributed by atoms with Gasteiger partial charge in [-0.2, -0.15) is 0 Å². The molecule has 0 N–H and O–H groups in total. The van der Waals surface area contributed by atoms with Crippen LogP contribution in [-0.4, -0.2) is 48.7 Å². The quantitative estimate of drug-likeness (QED) is 0.282. The number of esters is 1. The average Bonchev–Trinajstić information content (AvgIpc) is 3.33. The first-order valence-electron chi connectivity index (χ1n) is 12.7. The summed E-state index contributed by atoms with van der Waals surface area (Å²) >= 11 is 0. The molecule has 198 valence electrons. The van der Waals surface area contributed by atoms with Crippen molar-refractivity contribution in [2.75, 3.05) is 27.4 Å². The Kier molecular flexibility index (Phi) is 8.05. The second kappa shape index (κ2) is 11.4. The van der Waals surface area contributed by atoms with Crippen molar-refractivity contribution in [2.45, 2.75) is 34.1 Å². The van der Waals surface area contributed by atoms with Gasteiger partial charge in [-0.25, -0.2) is 4.79 Å². The molecule has 1 aromatic heterocycles. The van der Waals surface area contributed by atoms with E-state index in [1.54, 1.807) is 25.0 Å². The first kappa shape index (κ1) is 26.8. The zero-order valence-corrected chi connectivity index (χ0v) is 22.8. The summed E-state index contributed by atoms with van der Waals surface area (Å²) < 4.78 is 18.0. The fraction of sp³-hybridized carbons (Fsp3) is 0.290. The highest BCUT2D eigenvalue weighted by atomic mass is 16.5. The van der Waals surface area contributed by atoms with Crippen molar-refractivity contribution < 1.29 is 23.8 Å². The Morgan fingerprint density at radius 1 is 0.947 bits per heavy atom. The predicted molar refractivity (Wildman–Crippen MR) is 148 cm³/mol. The van der Waals surface area contributed by atoms with Gasteiger partial charge in [0.25, 0.3) is 5.91 Å². The highest BCUT2D eigenvalue weighted by Crippen LogP contribution is 2.33. The number of benzene rings is 2. The summed E-state index contributed by atoms with van der Waals surface area (Å²) in [5, 5.41) is 0. The molecular formula is C31H34N2O5. The molecule has 3 aromatic rings. The summed E-state index contributed by atoms with van der Waals surface area (Å²) in [5.41, 5.74) is 6.15. The van der Waals surface area contributed by atoms with E-state index in [0.717, 1.165) is 39.7 Å². The van der Waals surface area contributed by atoms with Crippen molar-refractivity contribution in [1.82, 2.24) is 9.47 Å².